The highest BCUT2D eigenvalue weighted by atomic mass is 16.5. The average Bonchev–Trinajstić information content (AvgIpc) is 2.74. The lowest BCUT2D eigenvalue weighted by Crippen LogP contribution is -2.43. The predicted octanol–water partition coefficient (Wildman–Crippen LogP) is 1.33. The van der Waals surface area contributed by atoms with Crippen molar-refractivity contribution >= 4 is 5.91 Å². The summed E-state index contributed by atoms with van der Waals surface area (Å²) in [5.41, 5.74) is 4.01. The molecule has 0 aromatic heterocycles. The SMILES string of the molecule is CO[C@H]1CNCC1NC(=O)c1c(C)cc(C)cc1C. The maximum Gasteiger partial charge on any atom is 0.252 e. The minimum atomic E-state index is -0.00856. The van der Waals surface area contributed by atoms with Crippen LogP contribution in [-0.4, -0.2) is 38.3 Å². The van der Waals surface area contributed by atoms with Crippen LogP contribution in [0.4, 0.5) is 0 Å². The van der Waals surface area contributed by atoms with Crippen molar-refractivity contribution in [3.63, 3.8) is 0 Å². The van der Waals surface area contributed by atoms with Gasteiger partial charge in [-0.2, -0.15) is 0 Å². The summed E-state index contributed by atoms with van der Waals surface area (Å²) in [4.78, 5) is 12.4. The second-order valence-corrected chi connectivity index (χ2v) is 5.29. The molecule has 1 saturated heterocycles. The topological polar surface area (TPSA) is 50.4 Å². The van der Waals surface area contributed by atoms with Crippen LogP contribution in [0.5, 0.6) is 0 Å². The Bertz CT molecular complexity index is 462. The molecule has 4 nitrogen and oxygen atoms in total. The van der Waals surface area contributed by atoms with Crippen LogP contribution in [0.15, 0.2) is 12.1 Å². The summed E-state index contributed by atoms with van der Waals surface area (Å²) in [6.07, 6.45) is 0.0509. The molecule has 2 atom stereocenters. The molecule has 1 unspecified atom stereocenters. The van der Waals surface area contributed by atoms with E-state index in [1.807, 2.05) is 32.9 Å². The smallest absolute Gasteiger partial charge is 0.252 e. The molecule has 1 fully saturated rings. The van der Waals surface area contributed by atoms with Crippen molar-refractivity contribution in [1.82, 2.24) is 10.6 Å². The molecule has 4 heteroatoms. The van der Waals surface area contributed by atoms with Crippen LogP contribution in [-0.2, 0) is 4.74 Å². The van der Waals surface area contributed by atoms with Gasteiger partial charge < -0.3 is 15.4 Å². The van der Waals surface area contributed by atoms with Crippen LogP contribution < -0.4 is 10.6 Å². The van der Waals surface area contributed by atoms with E-state index in [0.717, 1.165) is 29.8 Å². The quantitative estimate of drug-likeness (QED) is 0.864. The Hall–Kier alpha value is -1.39. The first-order chi connectivity index (χ1) is 9.02. The second-order valence-electron chi connectivity index (χ2n) is 5.29. The standard InChI is InChI=1S/C15H22N2O2/c1-9-5-10(2)14(11(3)6-9)15(18)17-12-7-16-8-13(12)19-4/h5-6,12-13,16H,7-8H2,1-4H3,(H,17,18)/t12?,13-/m0/s1. The van der Waals surface area contributed by atoms with Gasteiger partial charge in [-0.05, 0) is 31.9 Å². The van der Waals surface area contributed by atoms with Crippen LogP contribution in [0.3, 0.4) is 0 Å². The first kappa shape index (κ1) is 14.0. The van der Waals surface area contributed by atoms with Gasteiger partial charge in [0.15, 0.2) is 0 Å². The molecule has 1 aliphatic heterocycles. The van der Waals surface area contributed by atoms with Crippen molar-refractivity contribution < 1.29 is 9.53 Å². The zero-order chi connectivity index (χ0) is 14.0. The zero-order valence-electron chi connectivity index (χ0n) is 12.0. The number of hydrogen-bond donors (Lipinski definition) is 2. The Morgan fingerprint density at radius 2 is 1.89 bits per heavy atom. The molecule has 2 N–H and O–H groups in total. The van der Waals surface area contributed by atoms with Gasteiger partial charge in [-0.3, -0.25) is 4.79 Å². The van der Waals surface area contributed by atoms with E-state index in [9.17, 15) is 4.79 Å². The molecular weight excluding hydrogens is 240 g/mol. The molecule has 0 saturated carbocycles. The van der Waals surface area contributed by atoms with E-state index >= 15 is 0 Å². The van der Waals surface area contributed by atoms with E-state index in [2.05, 4.69) is 10.6 Å². The summed E-state index contributed by atoms with van der Waals surface area (Å²) in [6, 6.07) is 4.13. The third-order valence-electron chi connectivity index (χ3n) is 3.68. The number of carbonyl (C=O) groups is 1. The van der Waals surface area contributed by atoms with Crippen LogP contribution in [0.1, 0.15) is 27.0 Å². The molecule has 1 aromatic carbocycles. The van der Waals surface area contributed by atoms with E-state index in [-0.39, 0.29) is 18.1 Å². The van der Waals surface area contributed by atoms with E-state index in [1.54, 1.807) is 7.11 Å². The van der Waals surface area contributed by atoms with Gasteiger partial charge in [0, 0.05) is 25.8 Å². The van der Waals surface area contributed by atoms with Crippen LogP contribution in [0.2, 0.25) is 0 Å². The highest BCUT2D eigenvalue weighted by Gasteiger charge is 2.29. The van der Waals surface area contributed by atoms with Crippen molar-refractivity contribution in [1.29, 1.82) is 0 Å². The number of hydrogen-bond acceptors (Lipinski definition) is 3. The number of benzene rings is 1. The molecule has 1 aromatic rings. The first-order valence-electron chi connectivity index (χ1n) is 6.65. The van der Waals surface area contributed by atoms with E-state index in [0.29, 0.717) is 0 Å². The Kier molecular flexibility index (Phi) is 4.22. The third-order valence-corrected chi connectivity index (χ3v) is 3.68. The molecule has 1 heterocycles. The minimum absolute atomic E-state index is 0.00856. The first-order valence-corrected chi connectivity index (χ1v) is 6.65. The van der Waals surface area contributed by atoms with Gasteiger partial charge in [0.2, 0.25) is 0 Å². The molecule has 1 amide bonds. The lowest BCUT2D eigenvalue weighted by atomic mass is 9.99. The van der Waals surface area contributed by atoms with Gasteiger partial charge in [0.25, 0.3) is 5.91 Å². The summed E-state index contributed by atoms with van der Waals surface area (Å²) in [6.45, 7) is 7.55. The molecular formula is C15H22N2O2. The summed E-state index contributed by atoms with van der Waals surface area (Å²) in [5.74, 6) is -0.00856. The van der Waals surface area contributed by atoms with Crippen LogP contribution >= 0.6 is 0 Å². The average molecular weight is 262 g/mol. The van der Waals surface area contributed by atoms with E-state index < -0.39 is 0 Å². The molecule has 1 aliphatic rings. The lowest BCUT2D eigenvalue weighted by molar-refractivity contribution is 0.0779. The van der Waals surface area contributed by atoms with Gasteiger partial charge >= 0.3 is 0 Å². The van der Waals surface area contributed by atoms with Crippen LogP contribution in [0, 0.1) is 20.8 Å². The van der Waals surface area contributed by atoms with Gasteiger partial charge in [-0.25, -0.2) is 0 Å². The number of rotatable bonds is 3. The maximum absolute atomic E-state index is 12.4. The van der Waals surface area contributed by atoms with Gasteiger partial charge in [-0.1, -0.05) is 17.7 Å². The number of methoxy groups -OCH3 is 1. The van der Waals surface area contributed by atoms with Gasteiger partial charge in [-0.15, -0.1) is 0 Å². The fourth-order valence-corrected chi connectivity index (χ4v) is 2.83. The molecule has 19 heavy (non-hydrogen) atoms. The Morgan fingerprint density at radius 3 is 2.47 bits per heavy atom. The highest BCUT2D eigenvalue weighted by molar-refractivity contribution is 5.97. The number of carbonyl (C=O) groups excluding carboxylic acids is 1. The van der Waals surface area contributed by atoms with Crippen LogP contribution in [0.25, 0.3) is 0 Å². The fourth-order valence-electron chi connectivity index (χ4n) is 2.83. The summed E-state index contributed by atoms with van der Waals surface area (Å²) >= 11 is 0. The van der Waals surface area contributed by atoms with Gasteiger partial charge in [0.1, 0.15) is 0 Å². The number of ether oxygens (including phenoxy) is 1. The number of nitrogens with one attached hydrogen (secondary N) is 2. The molecule has 0 aliphatic carbocycles. The molecule has 0 radical (unpaired) electrons. The summed E-state index contributed by atoms with van der Waals surface area (Å²) < 4.78 is 5.36. The number of aryl methyl sites for hydroxylation is 3. The van der Waals surface area contributed by atoms with Crippen molar-refractivity contribution in [2.24, 2.45) is 0 Å². The second kappa shape index (κ2) is 5.72. The van der Waals surface area contributed by atoms with Crippen molar-refractivity contribution in [2.75, 3.05) is 20.2 Å². The molecule has 2 rings (SSSR count). The largest absolute Gasteiger partial charge is 0.378 e. The fraction of sp³-hybridized carbons (Fsp3) is 0.533. The predicted molar refractivity (Wildman–Crippen MR) is 75.6 cm³/mol. The molecule has 0 spiro atoms. The normalized spacial score (nSPS) is 22.5. The maximum atomic E-state index is 12.4. The monoisotopic (exact) mass is 262 g/mol. The van der Waals surface area contributed by atoms with E-state index in [4.69, 9.17) is 4.74 Å². The van der Waals surface area contributed by atoms with Gasteiger partial charge in [0.05, 0.1) is 12.1 Å². The summed E-state index contributed by atoms with van der Waals surface area (Å²) in [7, 11) is 1.68. The summed E-state index contributed by atoms with van der Waals surface area (Å²) in [5, 5.41) is 6.30. The van der Waals surface area contributed by atoms with Crippen molar-refractivity contribution in [3.05, 3.63) is 34.4 Å². The Morgan fingerprint density at radius 1 is 1.26 bits per heavy atom. The minimum Gasteiger partial charge on any atom is -0.378 e. The molecule has 0 bridgehead atoms. The number of amides is 1. The van der Waals surface area contributed by atoms with Crippen molar-refractivity contribution in [3.8, 4) is 0 Å². The Balaban J connectivity index is 2.16. The van der Waals surface area contributed by atoms with E-state index in [1.165, 1.54) is 5.56 Å². The lowest BCUT2D eigenvalue weighted by Gasteiger charge is -2.20. The molecule has 104 valence electrons. The van der Waals surface area contributed by atoms with Crippen molar-refractivity contribution in [2.45, 2.75) is 32.9 Å². The zero-order valence-corrected chi connectivity index (χ0v) is 12.0. The highest BCUT2D eigenvalue weighted by Crippen LogP contribution is 2.17. The Labute approximate surface area is 114 Å². The third kappa shape index (κ3) is 2.96.